The van der Waals surface area contributed by atoms with Gasteiger partial charge in [0.15, 0.2) is 11.3 Å². The Bertz CT molecular complexity index is 1170. The zero-order chi connectivity index (χ0) is 22.7. The van der Waals surface area contributed by atoms with Gasteiger partial charge in [0, 0.05) is 6.42 Å². The number of hydrogen-bond donors (Lipinski definition) is 1. The van der Waals surface area contributed by atoms with Crippen LogP contribution in [-0.4, -0.2) is 36.3 Å². The van der Waals surface area contributed by atoms with E-state index < -0.39 is 35.6 Å². The van der Waals surface area contributed by atoms with Crippen molar-refractivity contribution < 1.29 is 23.5 Å². The Labute approximate surface area is 184 Å². The van der Waals surface area contributed by atoms with Crippen LogP contribution in [0.2, 0.25) is 0 Å². The second-order valence-electron chi connectivity index (χ2n) is 7.52. The van der Waals surface area contributed by atoms with E-state index in [1.807, 2.05) is 36.4 Å². The summed E-state index contributed by atoms with van der Waals surface area (Å²) in [6.07, 6.45) is 0.219. The number of ketones is 1. The molecule has 1 fully saturated rings. The number of carbonyl (C=O) groups excluding carboxylic acids is 3. The first-order valence-corrected chi connectivity index (χ1v) is 10.0. The van der Waals surface area contributed by atoms with Gasteiger partial charge in [0.05, 0.1) is 19.2 Å². The fourth-order valence-corrected chi connectivity index (χ4v) is 3.94. The van der Waals surface area contributed by atoms with Gasteiger partial charge >= 0.3 is 6.03 Å². The zero-order valence-electron chi connectivity index (χ0n) is 17.4. The number of halogens is 1. The first kappa shape index (κ1) is 21.2. The third-order valence-corrected chi connectivity index (χ3v) is 5.52. The van der Waals surface area contributed by atoms with Crippen molar-refractivity contribution in [2.45, 2.75) is 12.0 Å². The standard InChI is InChI=1S/C25H21FN2O4/c1-32-22-13-12-19(26)14-20(22)21(29)16-28-23(30)25(27-24(28)31,18-10-6-3-7-11-18)15-17-8-4-2-5-9-17/h2-14H,15-16H2,1H3,(H,27,31). The van der Waals surface area contributed by atoms with Crippen molar-refractivity contribution >= 4 is 17.7 Å². The predicted octanol–water partition coefficient (Wildman–Crippen LogP) is 3.71. The van der Waals surface area contributed by atoms with E-state index in [0.29, 0.717) is 5.56 Å². The number of urea groups is 1. The zero-order valence-corrected chi connectivity index (χ0v) is 17.4. The van der Waals surface area contributed by atoms with Crippen LogP contribution < -0.4 is 10.1 Å². The van der Waals surface area contributed by atoms with Gasteiger partial charge in [0.25, 0.3) is 5.91 Å². The van der Waals surface area contributed by atoms with Crippen molar-refractivity contribution in [3.05, 3.63) is 101 Å². The lowest BCUT2D eigenvalue weighted by Crippen LogP contribution is -2.46. The van der Waals surface area contributed by atoms with Crippen molar-refractivity contribution in [1.29, 1.82) is 0 Å². The summed E-state index contributed by atoms with van der Waals surface area (Å²) in [4.78, 5) is 40.3. The molecule has 162 valence electrons. The molecule has 1 aliphatic rings. The molecule has 4 rings (SSSR count). The molecule has 1 unspecified atom stereocenters. The number of imide groups is 1. The summed E-state index contributed by atoms with van der Waals surface area (Å²) in [5, 5.41) is 2.81. The van der Waals surface area contributed by atoms with Crippen LogP contribution in [0.3, 0.4) is 0 Å². The molecule has 32 heavy (non-hydrogen) atoms. The highest BCUT2D eigenvalue weighted by Crippen LogP contribution is 2.33. The number of rotatable bonds is 7. The van der Waals surface area contributed by atoms with Gasteiger partial charge in [-0.25, -0.2) is 9.18 Å². The second-order valence-corrected chi connectivity index (χ2v) is 7.52. The normalized spacial score (nSPS) is 17.9. The Morgan fingerprint density at radius 1 is 1.00 bits per heavy atom. The van der Waals surface area contributed by atoms with Crippen LogP contribution in [0.15, 0.2) is 78.9 Å². The molecular formula is C25H21FN2O4. The topological polar surface area (TPSA) is 75.7 Å². The van der Waals surface area contributed by atoms with Crippen molar-refractivity contribution in [2.75, 3.05) is 13.7 Å². The Balaban J connectivity index is 1.69. The molecule has 0 aromatic heterocycles. The van der Waals surface area contributed by atoms with E-state index in [0.717, 1.165) is 16.5 Å². The Kier molecular flexibility index (Phi) is 5.73. The Morgan fingerprint density at radius 3 is 2.31 bits per heavy atom. The lowest BCUT2D eigenvalue weighted by molar-refractivity contribution is -0.131. The highest BCUT2D eigenvalue weighted by Gasteiger charge is 2.52. The van der Waals surface area contributed by atoms with Gasteiger partial charge in [-0.1, -0.05) is 60.7 Å². The van der Waals surface area contributed by atoms with Crippen LogP contribution >= 0.6 is 0 Å². The lowest BCUT2D eigenvalue weighted by Gasteiger charge is -2.27. The number of amides is 3. The van der Waals surface area contributed by atoms with Crippen LogP contribution in [-0.2, 0) is 16.8 Å². The highest BCUT2D eigenvalue weighted by atomic mass is 19.1. The summed E-state index contributed by atoms with van der Waals surface area (Å²) in [7, 11) is 1.36. The SMILES string of the molecule is COc1ccc(F)cc1C(=O)CN1C(=O)NC(Cc2ccccc2)(c2ccccc2)C1=O. The molecule has 0 spiro atoms. The summed E-state index contributed by atoms with van der Waals surface area (Å²) >= 11 is 0. The minimum atomic E-state index is -1.36. The predicted molar refractivity (Wildman–Crippen MR) is 116 cm³/mol. The average molecular weight is 432 g/mol. The molecule has 1 atom stereocenters. The van der Waals surface area contributed by atoms with E-state index in [9.17, 15) is 18.8 Å². The van der Waals surface area contributed by atoms with Crippen molar-refractivity contribution in [3.63, 3.8) is 0 Å². The van der Waals surface area contributed by atoms with Gasteiger partial charge < -0.3 is 10.1 Å². The smallest absolute Gasteiger partial charge is 0.325 e. The van der Waals surface area contributed by atoms with E-state index in [4.69, 9.17) is 4.74 Å². The molecule has 1 saturated heterocycles. The number of hydrogen-bond acceptors (Lipinski definition) is 4. The van der Waals surface area contributed by atoms with Gasteiger partial charge in [-0.15, -0.1) is 0 Å². The second kappa shape index (κ2) is 8.63. The Hall–Kier alpha value is -4.00. The molecule has 1 aliphatic heterocycles. The van der Waals surface area contributed by atoms with E-state index in [1.54, 1.807) is 24.3 Å². The summed E-state index contributed by atoms with van der Waals surface area (Å²) in [5.74, 6) is -1.59. The van der Waals surface area contributed by atoms with Crippen LogP contribution in [0.1, 0.15) is 21.5 Å². The summed E-state index contributed by atoms with van der Waals surface area (Å²) in [6, 6.07) is 21.1. The summed E-state index contributed by atoms with van der Waals surface area (Å²) in [5.41, 5.74) is 0.0743. The van der Waals surface area contributed by atoms with E-state index in [-0.39, 0.29) is 17.7 Å². The van der Waals surface area contributed by atoms with Crippen LogP contribution in [0.4, 0.5) is 9.18 Å². The molecule has 3 aromatic rings. The molecule has 3 aromatic carbocycles. The number of methoxy groups -OCH3 is 1. The van der Waals surface area contributed by atoms with Crippen molar-refractivity contribution in [1.82, 2.24) is 10.2 Å². The first-order valence-electron chi connectivity index (χ1n) is 10.0. The maximum Gasteiger partial charge on any atom is 0.325 e. The largest absolute Gasteiger partial charge is 0.496 e. The molecule has 1 N–H and O–H groups in total. The summed E-state index contributed by atoms with van der Waals surface area (Å²) < 4.78 is 18.9. The van der Waals surface area contributed by atoms with E-state index >= 15 is 0 Å². The van der Waals surface area contributed by atoms with Crippen LogP contribution in [0, 0.1) is 5.82 Å². The molecule has 1 heterocycles. The lowest BCUT2D eigenvalue weighted by atomic mass is 9.83. The molecule has 0 saturated carbocycles. The van der Waals surface area contributed by atoms with Gasteiger partial charge in [0.1, 0.15) is 11.6 Å². The number of nitrogens with zero attached hydrogens (tertiary/aromatic N) is 1. The van der Waals surface area contributed by atoms with Gasteiger partial charge in [-0.2, -0.15) is 0 Å². The van der Waals surface area contributed by atoms with Crippen LogP contribution in [0.25, 0.3) is 0 Å². The highest BCUT2D eigenvalue weighted by molar-refractivity contribution is 6.12. The molecular weight excluding hydrogens is 411 g/mol. The molecule has 7 heteroatoms. The third-order valence-electron chi connectivity index (χ3n) is 5.52. The van der Waals surface area contributed by atoms with Gasteiger partial charge in [-0.3, -0.25) is 14.5 Å². The van der Waals surface area contributed by atoms with Crippen molar-refractivity contribution in [3.8, 4) is 5.75 Å². The molecule has 0 radical (unpaired) electrons. The maximum atomic E-state index is 13.7. The molecule has 0 aliphatic carbocycles. The number of carbonyl (C=O) groups is 3. The minimum Gasteiger partial charge on any atom is -0.496 e. The number of ether oxygens (including phenoxy) is 1. The summed E-state index contributed by atoms with van der Waals surface area (Å²) in [6.45, 7) is -0.534. The van der Waals surface area contributed by atoms with E-state index in [1.165, 1.54) is 19.2 Å². The fraction of sp³-hybridized carbons (Fsp3) is 0.160. The van der Waals surface area contributed by atoms with Crippen LogP contribution in [0.5, 0.6) is 5.75 Å². The minimum absolute atomic E-state index is 0.0339. The number of Topliss-reactive ketones (excluding diaryl/α,β-unsaturated/α-hetero) is 1. The van der Waals surface area contributed by atoms with Gasteiger partial charge in [0.2, 0.25) is 0 Å². The molecule has 3 amide bonds. The maximum absolute atomic E-state index is 13.7. The average Bonchev–Trinajstić information content (AvgIpc) is 3.05. The van der Waals surface area contributed by atoms with Crippen molar-refractivity contribution in [2.24, 2.45) is 0 Å². The van der Waals surface area contributed by atoms with Gasteiger partial charge in [-0.05, 0) is 29.3 Å². The Morgan fingerprint density at radius 2 is 1.66 bits per heavy atom. The van der Waals surface area contributed by atoms with E-state index in [2.05, 4.69) is 5.32 Å². The molecule has 6 nitrogen and oxygen atoms in total. The quantitative estimate of drug-likeness (QED) is 0.456. The molecule has 0 bridgehead atoms. The fourth-order valence-electron chi connectivity index (χ4n) is 3.94. The third kappa shape index (κ3) is 3.85. The monoisotopic (exact) mass is 432 g/mol. The number of nitrogens with one attached hydrogen (secondary N) is 1. The number of benzene rings is 3. The first-order chi connectivity index (χ1) is 15.4.